The summed E-state index contributed by atoms with van der Waals surface area (Å²) in [5.41, 5.74) is 0.0584. The van der Waals surface area contributed by atoms with E-state index in [2.05, 4.69) is 12.2 Å². The lowest BCUT2D eigenvalue weighted by molar-refractivity contribution is -0.112. The smallest absolute Gasteiger partial charge is 0.121 e. The van der Waals surface area contributed by atoms with Crippen LogP contribution in [-0.4, -0.2) is 29.9 Å². The van der Waals surface area contributed by atoms with Gasteiger partial charge in [-0.05, 0) is 37.7 Å². The minimum absolute atomic E-state index is 0.0584. The number of ether oxygens (including phenoxy) is 1. The van der Waals surface area contributed by atoms with E-state index in [1.807, 2.05) is 11.8 Å². The van der Waals surface area contributed by atoms with Gasteiger partial charge in [-0.2, -0.15) is 11.8 Å². The second kappa shape index (κ2) is 3.56. The standard InChI is InChI=1S/C9H17NOS/c1-8-2-5-11-9(10-8)3-6-12-7-4-9/h8,10H,2-7H2,1H3. The van der Waals surface area contributed by atoms with Crippen LogP contribution in [0.3, 0.4) is 0 Å². The van der Waals surface area contributed by atoms with Crippen molar-refractivity contribution < 1.29 is 4.74 Å². The van der Waals surface area contributed by atoms with Crippen LogP contribution in [0.2, 0.25) is 0 Å². The van der Waals surface area contributed by atoms with Gasteiger partial charge in [-0.15, -0.1) is 0 Å². The van der Waals surface area contributed by atoms with Crippen molar-refractivity contribution in [3.05, 3.63) is 0 Å². The van der Waals surface area contributed by atoms with Crippen molar-refractivity contribution in [2.24, 2.45) is 0 Å². The largest absolute Gasteiger partial charge is 0.361 e. The van der Waals surface area contributed by atoms with Crippen LogP contribution in [0.25, 0.3) is 0 Å². The first-order valence-corrected chi connectivity index (χ1v) is 5.96. The molecular formula is C9H17NOS. The third kappa shape index (κ3) is 1.78. The molecule has 0 radical (unpaired) electrons. The highest BCUT2D eigenvalue weighted by atomic mass is 32.2. The lowest BCUT2D eigenvalue weighted by Gasteiger charge is -2.43. The van der Waals surface area contributed by atoms with Gasteiger partial charge in [-0.25, -0.2) is 0 Å². The number of thioether (sulfide) groups is 1. The van der Waals surface area contributed by atoms with Gasteiger partial charge in [0.15, 0.2) is 0 Å². The molecule has 1 N–H and O–H groups in total. The second-order valence-corrected chi connectivity index (χ2v) is 5.01. The number of nitrogens with one attached hydrogen (secondary N) is 1. The molecule has 2 heterocycles. The first kappa shape index (κ1) is 8.85. The van der Waals surface area contributed by atoms with Crippen LogP contribution in [0.1, 0.15) is 26.2 Å². The summed E-state index contributed by atoms with van der Waals surface area (Å²) in [4.78, 5) is 0. The summed E-state index contributed by atoms with van der Waals surface area (Å²) in [6.45, 7) is 3.20. The third-order valence-corrected chi connectivity index (χ3v) is 3.72. The third-order valence-electron chi connectivity index (χ3n) is 2.74. The van der Waals surface area contributed by atoms with Crippen LogP contribution in [0.4, 0.5) is 0 Å². The Morgan fingerprint density at radius 2 is 2.17 bits per heavy atom. The summed E-state index contributed by atoms with van der Waals surface area (Å²) >= 11 is 2.04. The fourth-order valence-electron chi connectivity index (χ4n) is 1.98. The fourth-order valence-corrected chi connectivity index (χ4v) is 3.14. The topological polar surface area (TPSA) is 21.3 Å². The molecule has 1 spiro atoms. The highest BCUT2D eigenvalue weighted by Gasteiger charge is 2.36. The molecular weight excluding hydrogens is 170 g/mol. The van der Waals surface area contributed by atoms with Gasteiger partial charge in [0.1, 0.15) is 5.72 Å². The molecule has 1 atom stereocenters. The zero-order valence-electron chi connectivity index (χ0n) is 7.64. The lowest BCUT2D eigenvalue weighted by atomic mass is 10.0. The minimum Gasteiger partial charge on any atom is -0.361 e. The maximum atomic E-state index is 5.85. The molecule has 0 aromatic carbocycles. The van der Waals surface area contributed by atoms with E-state index in [4.69, 9.17) is 4.74 Å². The minimum atomic E-state index is 0.0584. The van der Waals surface area contributed by atoms with Gasteiger partial charge in [0.2, 0.25) is 0 Å². The molecule has 2 saturated heterocycles. The molecule has 2 aliphatic rings. The highest BCUT2D eigenvalue weighted by Crippen LogP contribution is 2.31. The Morgan fingerprint density at radius 1 is 1.42 bits per heavy atom. The molecule has 0 aliphatic carbocycles. The number of rotatable bonds is 0. The summed E-state index contributed by atoms with van der Waals surface area (Å²) in [5, 5.41) is 3.60. The van der Waals surface area contributed by atoms with Crippen molar-refractivity contribution in [3.8, 4) is 0 Å². The van der Waals surface area contributed by atoms with Crippen LogP contribution in [0.5, 0.6) is 0 Å². The first-order valence-electron chi connectivity index (χ1n) is 4.80. The summed E-state index contributed by atoms with van der Waals surface area (Å²) < 4.78 is 5.85. The zero-order chi connectivity index (χ0) is 8.44. The average molecular weight is 187 g/mol. The predicted octanol–water partition coefficient (Wildman–Crippen LogP) is 1.61. The monoisotopic (exact) mass is 187 g/mol. The van der Waals surface area contributed by atoms with Crippen molar-refractivity contribution in [2.75, 3.05) is 18.1 Å². The molecule has 2 fully saturated rings. The van der Waals surface area contributed by atoms with Crippen LogP contribution in [0.15, 0.2) is 0 Å². The fraction of sp³-hybridized carbons (Fsp3) is 1.00. The van der Waals surface area contributed by atoms with Crippen molar-refractivity contribution in [1.29, 1.82) is 0 Å². The average Bonchev–Trinajstić information content (AvgIpc) is 2.05. The zero-order valence-corrected chi connectivity index (χ0v) is 8.45. The van der Waals surface area contributed by atoms with Crippen molar-refractivity contribution >= 4 is 11.8 Å². The Bertz CT molecular complexity index is 151. The van der Waals surface area contributed by atoms with Crippen LogP contribution >= 0.6 is 11.8 Å². The molecule has 3 heteroatoms. The molecule has 1 unspecified atom stereocenters. The summed E-state index contributed by atoms with van der Waals surface area (Å²) in [6.07, 6.45) is 3.53. The van der Waals surface area contributed by atoms with Gasteiger partial charge < -0.3 is 4.74 Å². The Labute approximate surface area is 78.4 Å². The normalized spacial score (nSPS) is 35.2. The highest BCUT2D eigenvalue weighted by molar-refractivity contribution is 7.99. The van der Waals surface area contributed by atoms with Gasteiger partial charge in [0.25, 0.3) is 0 Å². The quantitative estimate of drug-likeness (QED) is 0.622. The molecule has 2 rings (SSSR count). The van der Waals surface area contributed by atoms with E-state index in [0.717, 1.165) is 13.0 Å². The van der Waals surface area contributed by atoms with Gasteiger partial charge in [-0.1, -0.05) is 0 Å². The summed E-state index contributed by atoms with van der Waals surface area (Å²) in [5.74, 6) is 2.50. The summed E-state index contributed by atoms with van der Waals surface area (Å²) in [7, 11) is 0. The maximum absolute atomic E-state index is 5.85. The SMILES string of the molecule is CC1CCOC2(CCSCC2)N1. The Hall–Kier alpha value is 0.270. The van der Waals surface area contributed by atoms with E-state index < -0.39 is 0 Å². The predicted molar refractivity (Wildman–Crippen MR) is 52.5 cm³/mol. The van der Waals surface area contributed by atoms with Gasteiger partial charge in [0.05, 0.1) is 6.61 Å². The summed E-state index contributed by atoms with van der Waals surface area (Å²) in [6, 6.07) is 0.641. The Balaban J connectivity index is 1.97. The van der Waals surface area contributed by atoms with Crippen LogP contribution in [-0.2, 0) is 4.74 Å². The molecule has 0 bridgehead atoms. The molecule has 0 aromatic heterocycles. The molecule has 0 saturated carbocycles. The van der Waals surface area contributed by atoms with E-state index in [1.165, 1.54) is 24.3 Å². The molecule has 0 aromatic rings. The lowest BCUT2D eigenvalue weighted by Crippen LogP contribution is -2.57. The number of hydrogen-bond donors (Lipinski definition) is 1. The van der Waals surface area contributed by atoms with Crippen molar-refractivity contribution in [1.82, 2.24) is 5.32 Å². The molecule has 0 amide bonds. The molecule has 12 heavy (non-hydrogen) atoms. The Kier molecular flexibility index (Phi) is 2.63. The molecule has 2 aliphatic heterocycles. The number of hydrogen-bond acceptors (Lipinski definition) is 3. The van der Waals surface area contributed by atoms with E-state index in [0.29, 0.717) is 6.04 Å². The second-order valence-electron chi connectivity index (χ2n) is 3.79. The van der Waals surface area contributed by atoms with E-state index >= 15 is 0 Å². The molecule has 2 nitrogen and oxygen atoms in total. The maximum Gasteiger partial charge on any atom is 0.121 e. The Morgan fingerprint density at radius 3 is 2.83 bits per heavy atom. The van der Waals surface area contributed by atoms with Crippen LogP contribution < -0.4 is 5.32 Å². The van der Waals surface area contributed by atoms with Gasteiger partial charge >= 0.3 is 0 Å². The van der Waals surface area contributed by atoms with E-state index in [9.17, 15) is 0 Å². The van der Waals surface area contributed by atoms with Gasteiger partial charge in [-0.3, -0.25) is 5.32 Å². The first-order chi connectivity index (χ1) is 5.81. The van der Waals surface area contributed by atoms with E-state index in [1.54, 1.807) is 0 Å². The van der Waals surface area contributed by atoms with E-state index in [-0.39, 0.29) is 5.72 Å². The van der Waals surface area contributed by atoms with Crippen LogP contribution in [0, 0.1) is 0 Å². The molecule has 70 valence electrons. The van der Waals surface area contributed by atoms with Gasteiger partial charge in [0, 0.05) is 6.04 Å². The van der Waals surface area contributed by atoms with Crippen molar-refractivity contribution in [3.63, 3.8) is 0 Å². The van der Waals surface area contributed by atoms with Crippen molar-refractivity contribution in [2.45, 2.75) is 38.0 Å².